The van der Waals surface area contributed by atoms with Gasteiger partial charge in [0.15, 0.2) is 0 Å². The van der Waals surface area contributed by atoms with Crippen molar-refractivity contribution < 1.29 is 27.1 Å². The molecule has 0 saturated heterocycles. The average molecular weight is 255 g/mol. The van der Waals surface area contributed by atoms with Gasteiger partial charge in [0.1, 0.15) is 17.7 Å². The number of hydrogen-bond donors (Lipinski definition) is 2. The molecule has 0 radical (unpaired) electrons. The zero-order valence-electron chi connectivity index (χ0n) is 8.51. The Kier molecular flexibility index (Phi) is 4.05. The van der Waals surface area contributed by atoms with E-state index in [2.05, 4.69) is 0 Å². The maximum Gasteiger partial charge on any atom is 0.403 e. The summed E-state index contributed by atoms with van der Waals surface area (Å²) in [5.74, 6) is -1.98. The zero-order valence-corrected chi connectivity index (χ0v) is 8.51. The van der Waals surface area contributed by atoms with Crippen LogP contribution in [0.3, 0.4) is 0 Å². The fraction of sp³-hybridized carbons (Fsp3) is 0.400. The summed E-state index contributed by atoms with van der Waals surface area (Å²) in [7, 11) is 0. The first-order valence-corrected chi connectivity index (χ1v) is 4.67. The lowest BCUT2D eigenvalue weighted by Gasteiger charge is -2.19. The average Bonchev–Trinajstić information content (AvgIpc) is 2.15. The molecule has 1 aromatic rings. The third-order valence-corrected chi connectivity index (χ3v) is 2.22. The monoisotopic (exact) mass is 255 g/mol. The van der Waals surface area contributed by atoms with Crippen LogP contribution in [-0.2, 0) is 0 Å². The van der Waals surface area contributed by atoms with E-state index in [0.29, 0.717) is 6.07 Å². The molecule has 96 valence electrons. The van der Waals surface area contributed by atoms with E-state index in [1.807, 2.05) is 0 Å². The van der Waals surface area contributed by atoms with Crippen LogP contribution in [0, 0.1) is 11.6 Å². The van der Waals surface area contributed by atoms with Gasteiger partial charge in [0.25, 0.3) is 0 Å². The molecule has 7 heteroatoms. The topological polar surface area (TPSA) is 46.2 Å². The van der Waals surface area contributed by atoms with Crippen LogP contribution in [0.2, 0.25) is 0 Å². The summed E-state index contributed by atoms with van der Waals surface area (Å²) in [5.41, 5.74) is 4.38. The van der Waals surface area contributed by atoms with E-state index in [9.17, 15) is 27.1 Å². The molecule has 0 aromatic heterocycles. The lowest BCUT2D eigenvalue weighted by atomic mass is 10.0. The highest BCUT2D eigenvalue weighted by molar-refractivity contribution is 5.21. The summed E-state index contributed by atoms with van der Waals surface area (Å²) in [5, 5.41) is 9.38. The van der Waals surface area contributed by atoms with Gasteiger partial charge in [-0.1, -0.05) is 6.07 Å². The summed E-state index contributed by atoms with van der Waals surface area (Å²) in [6.45, 7) is 0. The minimum absolute atomic E-state index is 0.411. The Hall–Kier alpha value is -1.21. The van der Waals surface area contributed by atoms with Crippen molar-refractivity contribution in [1.29, 1.82) is 0 Å². The van der Waals surface area contributed by atoms with E-state index in [-0.39, 0.29) is 0 Å². The molecular weight excluding hydrogens is 245 g/mol. The minimum atomic E-state index is -4.67. The number of benzene rings is 1. The van der Waals surface area contributed by atoms with Crippen molar-refractivity contribution in [1.82, 2.24) is 0 Å². The number of rotatable bonds is 3. The molecule has 2 atom stereocenters. The zero-order chi connectivity index (χ0) is 13.2. The Bertz CT molecular complexity index is 393. The molecule has 0 unspecified atom stereocenters. The molecule has 0 saturated carbocycles. The molecule has 17 heavy (non-hydrogen) atoms. The second-order valence-corrected chi connectivity index (χ2v) is 3.57. The van der Waals surface area contributed by atoms with Crippen LogP contribution in [0.25, 0.3) is 0 Å². The maximum atomic E-state index is 13.1. The third kappa shape index (κ3) is 3.64. The number of aliphatic hydroxyl groups is 1. The highest BCUT2D eigenvalue weighted by Gasteiger charge is 2.38. The van der Waals surface area contributed by atoms with Gasteiger partial charge in [0.2, 0.25) is 0 Å². The molecule has 3 N–H and O–H groups in total. The first kappa shape index (κ1) is 13.9. The Morgan fingerprint density at radius 2 is 1.82 bits per heavy atom. The van der Waals surface area contributed by atoms with Gasteiger partial charge < -0.3 is 10.8 Å². The molecule has 0 aliphatic carbocycles. The fourth-order valence-electron chi connectivity index (χ4n) is 1.27. The van der Waals surface area contributed by atoms with Crippen LogP contribution >= 0.6 is 0 Å². The summed E-state index contributed by atoms with van der Waals surface area (Å²) in [6, 6.07) is -0.0430. The Labute approximate surface area is 93.9 Å². The predicted molar refractivity (Wildman–Crippen MR) is 50.0 cm³/mol. The van der Waals surface area contributed by atoms with E-state index < -0.39 is 41.9 Å². The second kappa shape index (κ2) is 4.97. The normalized spacial score (nSPS) is 15.7. The lowest BCUT2D eigenvalue weighted by molar-refractivity contribution is -0.154. The molecule has 1 rings (SSSR count). The SMILES string of the molecule is N[C@@H](C[C@@H](O)c1ccc(F)cc1F)C(F)(F)F. The number of halogens is 5. The standard InChI is InChI=1S/C10H10F5NO/c11-5-1-2-6(7(12)3-5)8(17)4-9(16)10(13,14)15/h1-3,8-9,17H,4,16H2/t8-,9+/m1/s1. The number of nitrogens with two attached hydrogens (primary N) is 1. The lowest BCUT2D eigenvalue weighted by Crippen LogP contribution is -2.38. The van der Waals surface area contributed by atoms with E-state index >= 15 is 0 Å². The number of aliphatic hydroxyl groups excluding tert-OH is 1. The van der Waals surface area contributed by atoms with Gasteiger partial charge in [-0.3, -0.25) is 0 Å². The molecule has 0 heterocycles. The molecule has 0 amide bonds. The van der Waals surface area contributed by atoms with E-state index in [1.54, 1.807) is 0 Å². The second-order valence-electron chi connectivity index (χ2n) is 3.57. The van der Waals surface area contributed by atoms with Crippen LogP contribution in [0.4, 0.5) is 22.0 Å². The van der Waals surface area contributed by atoms with Gasteiger partial charge in [-0.25, -0.2) is 8.78 Å². The Balaban J connectivity index is 2.80. The summed E-state index contributed by atoms with van der Waals surface area (Å²) < 4.78 is 62.0. The van der Waals surface area contributed by atoms with Crippen LogP contribution in [0.15, 0.2) is 18.2 Å². The summed E-state index contributed by atoms with van der Waals surface area (Å²) in [6.07, 6.45) is -7.28. The Morgan fingerprint density at radius 1 is 1.24 bits per heavy atom. The van der Waals surface area contributed by atoms with Gasteiger partial charge in [-0.15, -0.1) is 0 Å². The van der Waals surface area contributed by atoms with E-state index in [1.165, 1.54) is 0 Å². The van der Waals surface area contributed by atoms with Crippen molar-refractivity contribution >= 4 is 0 Å². The summed E-state index contributed by atoms with van der Waals surface area (Å²) in [4.78, 5) is 0. The number of alkyl halides is 3. The number of hydrogen-bond acceptors (Lipinski definition) is 2. The van der Waals surface area contributed by atoms with Gasteiger partial charge in [0.05, 0.1) is 6.10 Å². The quantitative estimate of drug-likeness (QED) is 0.814. The first-order chi connectivity index (χ1) is 7.71. The van der Waals surface area contributed by atoms with Crippen LogP contribution in [-0.4, -0.2) is 17.3 Å². The van der Waals surface area contributed by atoms with Gasteiger partial charge in [-0.05, 0) is 6.07 Å². The molecule has 0 aliphatic heterocycles. The highest BCUT2D eigenvalue weighted by Crippen LogP contribution is 2.28. The van der Waals surface area contributed by atoms with Crippen molar-refractivity contribution in [2.45, 2.75) is 24.7 Å². The van der Waals surface area contributed by atoms with Crippen LogP contribution < -0.4 is 5.73 Å². The minimum Gasteiger partial charge on any atom is -0.388 e. The molecule has 0 aliphatic rings. The van der Waals surface area contributed by atoms with Gasteiger partial charge >= 0.3 is 6.18 Å². The molecule has 0 fully saturated rings. The molecule has 0 bridgehead atoms. The van der Waals surface area contributed by atoms with Crippen molar-refractivity contribution in [3.8, 4) is 0 Å². The molecule has 2 nitrogen and oxygen atoms in total. The fourth-order valence-corrected chi connectivity index (χ4v) is 1.27. The highest BCUT2D eigenvalue weighted by atomic mass is 19.4. The van der Waals surface area contributed by atoms with Crippen molar-refractivity contribution in [2.75, 3.05) is 0 Å². The predicted octanol–water partition coefficient (Wildman–Crippen LogP) is 2.28. The first-order valence-electron chi connectivity index (χ1n) is 4.67. The van der Waals surface area contributed by atoms with Crippen LogP contribution in [0.5, 0.6) is 0 Å². The maximum absolute atomic E-state index is 13.1. The van der Waals surface area contributed by atoms with Crippen molar-refractivity contribution in [3.63, 3.8) is 0 Å². The Morgan fingerprint density at radius 3 is 2.29 bits per heavy atom. The summed E-state index contributed by atoms with van der Waals surface area (Å²) >= 11 is 0. The van der Waals surface area contributed by atoms with Crippen LogP contribution in [0.1, 0.15) is 18.1 Å². The van der Waals surface area contributed by atoms with Gasteiger partial charge in [0, 0.05) is 18.1 Å². The van der Waals surface area contributed by atoms with Crippen molar-refractivity contribution in [2.24, 2.45) is 5.73 Å². The largest absolute Gasteiger partial charge is 0.403 e. The molecular formula is C10H10F5NO. The third-order valence-electron chi connectivity index (χ3n) is 2.22. The smallest absolute Gasteiger partial charge is 0.388 e. The van der Waals surface area contributed by atoms with Gasteiger partial charge in [-0.2, -0.15) is 13.2 Å². The van der Waals surface area contributed by atoms with Crippen molar-refractivity contribution in [3.05, 3.63) is 35.4 Å². The van der Waals surface area contributed by atoms with E-state index in [0.717, 1.165) is 12.1 Å². The van der Waals surface area contributed by atoms with E-state index in [4.69, 9.17) is 5.73 Å². The molecule has 0 spiro atoms. The molecule has 1 aromatic carbocycles.